The smallest absolute Gasteiger partial charge is 0.00122 e. The number of unbranched alkanes of at least 4 members (excludes halogenated alkanes) is 1. The van der Waals surface area contributed by atoms with Crippen LogP contribution in [0.5, 0.6) is 0 Å². The van der Waals surface area contributed by atoms with Crippen LogP contribution in [0.15, 0.2) is 0 Å². The fourth-order valence-corrected chi connectivity index (χ4v) is 2.75. The molecule has 0 saturated carbocycles. The molecule has 3 N–H and O–H groups in total. The van der Waals surface area contributed by atoms with Crippen molar-refractivity contribution in [2.24, 2.45) is 17.1 Å². The molecule has 1 saturated heterocycles. The molecule has 0 radical (unpaired) electrons. The first-order valence-electron chi connectivity index (χ1n) is 7.15. The zero-order chi connectivity index (χ0) is 12.7. The molecule has 1 rings (SSSR count). The lowest BCUT2D eigenvalue weighted by molar-refractivity contribution is 0.103. The maximum absolute atomic E-state index is 5.50. The number of rotatable bonds is 7. The van der Waals surface area contributed by atoms with Crippen molar-refractivity contribution in [3.05, 3.63) is 0 Å². The minimum Gasteiger partial charge on any atom is -0.330 e. The molecule has 3 nitrogen and oxygen atoms in total. The van der Waals surface area contributed by atoms with Gasteiger partial charge in [-0.1, -0.05) is 13.8 Å². The quantitative estimate of drug-likeness (QED) is 0.666. The lowest BCUT2D eigenvalue weighted by Gasteiger charge is -2.40. The molecule has 0 amide bonds. The standard InChI is InChI=1S/C14H31N3/c1-14(2,12-16-9-5-4-8-15)13-7-6-10-17(3)11-13/h13,16H,4-12,15H2,1-3H3. The summed E-state index contributed by atoms with van der Waals surface area (Å²) in [7, 11) is 2.25. The zero-order valence-electron chi connectivity index (χ0n) is 12.0. The van der Waals surface area contributed by atoms with Crippen LogP contribution in [0.25, 0.3) is 0 Å². The molecule has 17 heavy (non-hydrogen) atoms. The van der Waals surface area contributed by atoms with E-state index in [-0.39, 0.29) is 0 Å². The average Bonchev–Trinajstić information content (AvgIpc) is 2.29. The lowest BCUT2D eigenvalue weighted by atomic mass is 9.74. The van der Waals surface area contributed by atoms with Gasteiger partial charge in [-0.05, 0) is 63.7 Å². The summed E-state index contributed by atoms with van der Waals surface area (Å²) in [6.07, 6.45) is 5.09. The summed E-state index contributed by atoms with van der Waals surface area (Å²) in [5.41, 5.74) is 5.91. The van der Waals surface area contributed by atoms with Crippen molar-refractivity contribution < 1.29 is 0 Å². The second-order valence-corrected chi connectivity index (χ2v) is 6.26. The van der Waals surface area contributed by atoms with Crippen LogP contribution < -0.4 is 11.1 Å². The molecule has 1 unspecified atom stereocenters. The maximum atomic E-state index is 5.50. The van der Waals surface area contributed by atoms with Crippen molar-refractivity contribution in [3.63, 3.8) is 0 Å². The van der Waals surface area contributed by atoms with Gasteiger partial charge in [-0.25, -0.2) is 0 Å². The third kappa shape index (κ3) is 5.36. The van der Waals surface area contributed by atoms with Gasteiger partial charge in [-0.3, -0.25) is 0 Å². The molecule has 3 heteroatoms. The van der Waals surface area contributed by atoms with Crippen LogP contribution in [0.1, 0.15) is 39.5 Å². The number of nitrogens with one attached hydrogen (secondary N) is 1. The third-order valence-corrected chi connectivity index (χ3v) is 4.12. The highest BCUT2D eigenvalue weighted by Crippen LogP contribution is 2.32. The van der Waals surface area contributed by atoms with E-state index in [2.05, 4.69) is 31.1 Å². The molecule has 102 valence electrons. The number of hydrogen-bond acceptors (Lipinski definition) is 3. The van der Waals surface area contributed by atoms with Gasteiger partial charge in [-0.2, -0.15) is 0 Å². The average molecular weight is 241 g/mol. The summed E-state index contributed by atoms with van der Waals surface area (Å²) in [5, 5.41) is 3.60. The van der Waals surface area contributed by atoms with Gasteiger partial charge in [0.05, 0.1) is 0 Å². The fourth-order valence-electron chi connectivity index (χ4n) is 2.75. The SMILES string of the molecule is CN1CCCC(C(C)(C)CNCCCCN)C1. The molecule has 1 aliphatic heterocycles. The monoisotopic (exact) mass is 241 g/mol. The Morgan fingerprint density at radius 3 is 2.76 bits per heavy atom. The fraction of sp³-hybridized carbons (Fsp3) is 1.00. The van der Waals surface area contributed by atoms with E-state index in [1.807, 2.05) is 0 Å². The summed E-state index contributed by atoms with van der Waals surface area (Å²) in [4.78, 5) is 2.48. The van der Waals surface area contributed by atoms with Gasteiger partial charge in [0.25, 0.3) is 0 Å². The van der Waals surface area contributed by atoms with Gasteiger partial charge >= 0.3 is 0 Å². The molecule has 0 bridgehead atoms. The first-order valence-corrected chi connectivity index (χ1v) is 7.15. The molecule has 0 spiro atoms. The second kappa shape index (κ2) is 7.34. The Bertz CT molecular complexity index is 204. The van der Waals surface area contributed by atoms with E-state index >= 15 is 0 Å². The zero-order valence-corrected chi connectivity index (χ0v) is 12.0. The number of nitrogens with zero attached hydrogens (tertiary/aromatic N) is 1. The second-order valence-electron chi connectivity index (χ2n) is 6.26. The molecule has 0 aromatic rings. The van der Waals surface area contributed by atoms with Crippen molar-refractivity contribution in [3.8, 4) is 0 Å². The van der Waals surface area contributed by atoms with Crippen LogP contribution in [0.2, 0.25) is 0 Å². The van der Waals surface area contributed by atoms with Crippen LogP contribution in [0.3, 0.4) is 0 Å². The summed E-state index contributed by atoms with van der Waals surface area (Å²) < 4.78 is 0. The molecule has 0 aromatic carbocycles. The highest BCUT2D eigenvalue weighted by atomic mass is 15.1. The lowest BCUT2D eigenvalue weighted by Crippen LogP contribution is -2.44. The molecule has 1 heterocycles. The predicted molar refractivity (Wildman–Crippen MR) is 75.2 cm³/mol. The van der Waals surface area contributed by atoms with Crippen LogP contribution in [-0.4, -0.2) is 44.7 Å². The minimum absolute atomic E-state index is 0.414. The molecule has 0 aromatic heterocycles. The number of nitrogens with two attached hydrogens (primary N) is 1. The normalized spacial score (nSPS) is 22.9. The van der Waals surface area contributed by atoms with Gasteiger partial charge in [0.2, 0.25) is 0 Å². The minimum atomic E-state index is 0.414. The van der Waals surface area contributed by atoms with Crippen LogP contribution >= 0.6 is 0 Å². The maximum Gasteiger partial charge on any atom is 0.00122 e. The molecule has 1 fully saturated rings. The van der Waals surface area contributed by atoms with E-state index in [4.69, 9.17) is 5.73 Å². The van der Waals surface area contributed by atoms with Crippen LogP contribution in [0.4, 0.5) is 0 Å². The highest BCUT2D eigenvalue weighted by Gasteiger charge is 2.31. The molecular formula is C14H31N3. The van der Waals surface area contributed by atoms with Crippen LogP contribution in [-0.2, 0) is 0 Å². The van der Waals surface area contributed by atoms with Gasteiger partial charge in [0.15, 0.2) is 0 Å². The first-order chi connectivity index (χ1) is 8.06. The Morgan fingerprint density at radius 1 is 1.35 bits per heavy atom. The Morgan fingerprint density at radius 2 is 2.12 bits per heavy atom. The van der Waals surface area contributed by atoms with Gasteiger partial charge in [-0.15, -0.1) is 0 Å². The van der Waals surface area contributed by atoms with Crippen molar-refractivity contribution >= 4 is 0 Å². The van der Waals surface area contributed by atoms with Crippen molar-refractivity contribution in [2.45, 2.75) is 39.5 Å². The van der Waals surface area contributed by atoms with E-state index in [1.54, 1.807) is 0 Å². The highest BCUT2D eigenvalue weighted by molar-refractivity contribution is 4.85. The molecule has 1 aliphatic rings. The Kier molecular flexibility index (Phi) is 6.45. The topological polar surface area (TPSA) is 41.3 Å². The van der Waals surface area contributed by atoms with Crippen molar-refractivity contribution in [1.82, 2.24) is 10.2 Å². The van der Waals surface area contributed by atoms with E-state index in [1.165, 1.54) is 32.4 Å². The number of likely N-dealkylation sites (tertiary alicyclic amines) is 1. The van der Waals surface area contributed by atoms with Crippen molar-refractivity contribution in [1.29, 1.82) is 0 Å². The van der Waals surface area contributed by atoms with E-state index < -0.39 is 0 Å². The number of hydrogen-bond donors (Lipinski definition) is 2. The predicted octanol–water partition coefficient (Wildman–Crippen LogP) is 1.68. The van der Waals surface area contributed by atoms with E-state index in [0.717, 1.165) is 32.0 Å². The Labute approximate surface area is 107 Å². The molecule has 0 aliphatic carbocycles. The van der Waals surface area contributed by atoms with Gasteiger partial charge in [0.1, 0.15) is 0 Å². The molecule has 1 atom stereocenters. The van der Waals surface area contributed by atoms with E-state index in [0.29, 0.717) is 5.41 Å². The summed E-state index contributed by atoms with van der Waals surface area (Å²) in [6, 6.07) is 0. The summed E-state index contributed by atoms with van der Waals surface area (Å²) >= 11 is 0. The summed E-state index contributed by atoms with van der Waals surface area (Å²) in [6.45, 7) is 10.4. The largest absolute Gasteiger partial charge is 0.330 e. The van der Waals surface area contributed by atoms with E-state index in [9.17, 15) is 0 Å². The number of piperidine rings is 1. The van der Waals surface area contributed by atoms with Gasteiger partial charge in [0, 0.05) is 13.1 Å². The molecular weight excluding hydrogens is 210 g/mol. The Balaban J connectivity index is 2.24. The first kappa shape index (κ1) is 14.9. The third-order valence-electron chi connectivity index (χ3n) is 4.12. The Hall–Kier alpha value is -0.120. The summed E-state index contributed by atoms with van der Waals surface area (Å²) in [5.74, 6) is 0.836. The van der Waals surface area contributed by atoms with Crippen molar-refractivity contribution in [2.75, 3.05) is 39.8 Å². The van der Waals surface area contributed by atoms with Gasteiger partial charge < -0.3 is 16.0 Å². The van der Waals surface area contributed by atoms with Crippen LogP contribution in [0, 0.1) is 11.3 Å².